The Hall–Kier alpha value is -3.35. The van der Waals surface area contributed by atoms with Crippen LogP contribution in [0.25, 0.3) is 0 Å². The van der Waals surface area contributed by atoms with Crippen LogP contribution in [0.2, 0.25) is 0 Å². The minimum atomic E-state index is -0.554. The van der Waals surface area contributed by atoms with Crippen molar-refractivity contribution in [1.82, 2.24) is 15.1 Å². The van der Waals surface area contributed by atoms with Crippen molar-refractivity contribution < 1.29 is 14.4 Å². The summed E-state index contributed by atoms with van der Waals surface area (Å²) in [7, 11) is 0. The molecular weight excluding hydrogens is 416 g/mol. The summed E-state index contributed by atoms with van der Waals surface area (Å²) in [5, 5.41) is 5.90. The number of benzene rings is 2. The molecule has 7 heteroatoms. The normalized spacial score (nSPS) is 17.2. The fourth-order valence-electron chi connectivity index (χ4n) is 4.60. The van der Waals surface area contributed by atoms with Crippen molar-refractivity contribution in [1.29, 1.82) is 0 Å². The minimum Gasteiger partial charge on any atom is -0.328 e. The van der Waals surface area contributed by atoms with Gasteiger partial charge in [0.25, 0.3) is 0 Å². The van der Waals surface area contributed by atoms with Crippen LogP contribution < -0.4 is 10.6 Å². The highest BCUT2D eigenvalue weighted by Crippen LogP contribution is 2.27. The molecule has 2 aliphatic rings. The summed E-state index contributed by atoms with van der Waals surface area (Å²) in [4.78, 5) is 41.4. The van der Waals surface area contributed by atoms with Crippen molar-refractivity contribution in [2.45, 2.75) is 58.7 Å². The van der Waals surface area contributed by atoms with E-state index >= 15 is 0 Å². The summed E-state index contributed by atoms with van der Waals surface area (Å²) >= 11 is 0. The summed E-state index contributed by atoms with van der Waals surface area (Å²) in [6.07, 6.45) is 1.90. The van der Waals surface area contributed by atoms with E-state index in [1.54, 1.807) is 4.90 Å². The molecule has 0 radical (unpaired) electrons. The summed E-state index contributed by atoms with van der Waals surface area (Å²) in [5.74, 6) is -0.0554. The molecule has 4 rings (SSSR count). The third-order valence-corrected chi connectivity index (χ3v) is 6.85. The average molecular weight is 449 g/mol. The number of urea groups is 2. The number of para-hydroxylation sites is 1. The topological polar surface area (TPSA) is 81.8 Å². The lowest BCUT2D eigenvalue weighted by atomic mass is 9.99. The van der Waals surface area contributed by atoms with E-state index < -0.39 is 6.04 Å². The third kappa shape index (κ3) is 5.18. The van der Waals surface area contributed by atoms with Crippen molar-refractivity contribution in [3.63, 3.8) is 0 Å². The zero-order chi connectivity index (χ0) is 23.5. The highest BCUT2D eigenvalue weighted by atomic mass is 16.2. The number of likely N-dealkylation sites (tertiary alicyclic amines) is 1. The van der Waals surface area contributed by atoms with Gasteiger partial charge in [0.15, 0.2) is 5.78 Å². The molecule has 1 unspecified atom stereocenters. The molecule has 1 atom stereocenters. The second-order valence-corrected chi connectivity index (χ2v) is 9.17. The van der Waals surface area contributed by atoms with Gasteiger partial charge in [0.2, 0.25) is 0 Å². The lowest BCUT2D eigenvalue weighted by molar-refractivity contribution is -0.118. The number of piperidine rings is 1. The fraction of sp³-hybridized carbons (Fsp3) is 0.423. The first-order chi connectivity index (χ1) is 15.8. The number of rotatable bonds is 5. The molecule has 1 fully saturated rings. The number of nitrogens with zero attached hydrogens (tertiary/aromatic N) is 2. The Morgan fingerprint density at radius 3 is 2.52 bits per heavy atom. The monoisotopic (exact) mass is 448 g/mol. The highest BCUT2D eigenvalue weighted by Gasteiger charge is 2.33. The zero-order valence-corrected chi connectivity index (χ0v) is 19.6. The average Bonchev–Trinajstić information content (AvgIpc) is 2.80. The molecule has 174 valence electrons. The summed E-state index contributed by atoms with van der Waals surface area (Å²) in [6.45, 7) is 7.31. The Balaban J connectivity index is 1.33. The largest absolute Gasteiger partial charge is 0.328 e. The molecule has 0 aromatic heterocycles. The van der Waals surface area contributed by atoms with Gasteiger partial charge in [0.1, 0.15) is 0 Å². The first-order valence-corrected chi connectivity index (χ1v) is 11.6. The van der Waals surface area contributed by atoms with E-state index in [0.717, 1.165) is 16.8 Å². The first-order valence-electron chi connectivity index (χ1n) is 11.6. The number of Topliss-reactive ketones (excluding diaryl/α,β-unsaturated/α-hetero) is 1. The Morgan fingerprint density at radius 2 is 1.82 bits per heavy atom. The van der Waals surface area contributed by atoms with Gasteiger partial charge in [-0.25, -0.2) is 9.59 Å². The molecule has 2 heterocycles. The van der Waals surface area contributed by atoms with E-state index in [0.29, 0.717) is 38.9 Å². The van der Waals surface area contributed by atoms with Gasteiger partial charge in [-0.05, 0) is 68.4 Å². The Labute approximate surface area is 195 Å². The number of carbonyl (C=O) groups is 3. The molecule has 2 N–H and O–H groups in total. The molecule has 2 aromatic rings. The van der Waals surface area contributed by atoms with Crippen LogP contribution in [0.1, 0.15) is 42.0 Å². The van der Waals surface area contributed by atoms with Crippen LogP contribution in [0.4, 0.5) is 15.3 Å². The van der Waals surface area contributed by atoms with E-state index in [9.17, 15) is 14.4 Å². The molecule has 33 heavy (non-hydrogen) atoms. The van der Waals surface area contributed by atoms with Crippen molar-refractivity contribution in [3.8, 4) is 0 Å². The molecule has 4 amide bonds. The number of hydrogen-bond donors (Lipinski definition) is 2. The predicted molar refractivity (Wildman–Crippen MR) is 128 cm³/mol. The number of hydrogen-bond acceptors (Lipinski definition) is 3. The van der Waals surface area contributed by atoms with Crippen LogP contribution >= 0.6 is 0 Å². The molecule has 0 aliphatic carbocycles. The molecule has 0 bridgehead atoms. The smallest absolute Gasteiger partial charge is 0.322 e. The maximum atomic E-state index is 12.9. The number of ketones is 1. The van der Waals surface area contributed by atoms with E-state index in [1.165, 1.54) is 18.1 Å². The van der Waals surface area contributed by atoms with Crippen molar-refractivity contribution >= 4 is 23.5 Å². The molecule has 2 aliphatic heterocycles. The number of anilines is 1. The van der Waals surface area contributed by atoms with E-state index in [1.807, 2.05) is 48.2 Å². The van der Waals surface area contributed by atoms with Crippen LogP contribution in [-0.2, 0) is 17.8 Å². The van der Waals surface area contributed by atoms with Gasteiger partial charge in [0, 0.05) is 31.4 Å². The highest BCUT2D eigenvalue weighted by molar-refractivity contribution is 5.92. The predicted octanol–water partition coefficient (Wildman–Crippen LogP) is 4.03. The second kappa shape index (κ2) is 9.65. The van der Waals surface area contributed by atoms with Gasteiger partial charge >= 0.3 is 12.1 Å². The lowest BCUT2D eigenvalue weighted by Gasteiger charge is -2.40. The van der Waals surface area contributed by atoms with Crippen LogP contribution in [-0.4, -0.2) is 52.8 Å². The van der Waals surface area contributed by atoms with Crippen molar-refractivity contribution in [2.75, 3.05) is 18.4 Å². The third-order valence-electron chi connectivity index (χ3n) is 6.85. The number of aryl methyl sites for hydroxylation is 2. The van der Waals surface area contributed by atoms with E-state index in [2.05, 4.69) is 23.6 Å². The van der Waals surface area contributed by atoms with Crippen molar-refractivity contribution in [2.24, 2.45) is 0 Å². The van der Waals surface area contributed by atoms with Crippen LogP contribution in [0.5, 0.6) is 0 Å². The van der Waals surface area contributed by atoms with Gasteiger partial charge in [-0.1, -0.05) is 36.4 Å². The van der Waals surface area contributed by atoms with Gasteiger partial charge in [-0.2, -0.15) is 0 Å². The van der Waals surface area contributed by atoms with Crippen molar-refractivity contribution in [3.05, 3.63) is 64.7 Å². The lowest BCUT2D eigenvalue weighted by Crippen LogP contribution is -2.54. The first kappa shape index (κ1) is 22.8. The maximum Gasteiger partial charge on any atom is 0.322 e. The SMILES string of the molecule is CC(=O)C(Cc1ccc(C)c(C)c1)NC(=O)N1CCC(N2Cc3ccccc3NC2=O)CC1. The molecular formula is C26H32N4O3. The standard InChI is InChI=1S/C26H32N4O3/c1-17-8-9-20(14-18(17)2)15-24(19(3)31)28-25(32)29-12-10-22(11-13-29)30-16-21-6-4-5-7-23(21)27-26(30)33/h4-9,14,22,24H,10-13,15-16H2,1-3H3,(H,27,33)(H,28,32). The quantitative estimate of drug-likeness (QED) is 0.725. The minimum absolute atomic E-state index is 0.0554. The van der Waals surface area contributed by atoms with E-state index in [4.69, 9.17) is 0 Å². The molecule has 7 nitrogen and oxygen atoms in total. The fourth-order valence-corrected chi connectivity index (χ4v) is 4.60. The molecule has 0 spiro atoms. The van der Waals surface area contributed by atoms with Gasteiger partial charge < -0.3 is 20.4 Å². The number of amides is 4. The Morgan fingerprint density at radius 1 is 1.09 bits per heavy atom. The Kier molecular flexibility index (Phi) is 6.67. The molecule has 2 aromatic carbocycles. The van der Waals surface area contributed by atoms with E-state index in [-0.39, 0.29) is 23.9 Å². The van der Waals surface area contributed by atoms with Gasteiger partial charge in [-0.3, -0.25) is 4.79 Å². The summed E-state index contributed by atoms with van der Waals surface area (Å²) < 4.78 is 0. The number of fused-ring (bicyclic) bond motifs is 1. The zero-order valence-electron chi connectivity index (χ0n) is 19.6. The summed E-state index contributed by atoms with van der Waals surface area (Å²) in [5.41, 5.74) is 5.39. The number of nitrogens with one attached hydrogen (secondary N) is 2. The van der Waals surface area contributed by atoms with Gasteiger partial charge in [0.05, 0.1) is 6.04 Å². The second-order valence-electron chi connectivity index (χ2n) is 9.17. The van der Waals surface area contributed by atoms with Gasteiger partial charge in [-0.15, -0.1) is 0 Å². The maximum absolute atomic E-state index is 12.9. The van der Waals surface area contributed by atoms with Crippen LogP contribution in [0.3, 0.4) is 0 Å². The Bertz CT molecular complexity index is 1060. The molecule has 0 saturated carbocycles. The summed E-state index contributed by atoms with van der Waals surface area (Å²) in [6, 6.07) is 13.2. The van der Waals surface area contributed by atoms with Crippen LogP contribution in [0.15, 0.2) is 42.5 Å². The van der Waals surface area contributed by atoms with Crippen LogP contribution in [0, 0.1) is 13.8 Å². The number of carbonyl (C=O) groups excluding carboxylic acids is 3. The molecule has 1 saturated heterocycles.